The van der Waals surface area contributed by atoms with Gasteiger partial charge in [-0.3, -0.25) is 14.9 Å². The van der Waals surface area contributed by atoms with Gasteiger partial charge >= 0.3 is 0 Å². The van der Waals surface area contributed by atoms with E-state index in [1.54, 1.807) is 6.07 Å². The van der Waals surface area contributed by atoms with Crippen molar-refractivity contribution in [3.63, 3.8) is 0 Å². The van der Waals surface area contributed by atoms with Crippen LogP contribution in [0.3, 0.4) is 0 Å². The number of nitro benzene ring substituents is 1. The van der Waals surface area contributed by atoms with Gasteiger partial charge in [-0.1, -0.05) is 23.8 Å². The van der Waals surface area contributed by atoms with Gasteiger partial charge in [0.05, 0.1) is 11.0 Å². The quantitative estimate of drug-likeness (QED) is 0.479. The average Bonchev–Trinajstić information content (AvgIpc) is 2.47. The molecule has 0 aliphatic heterocycles. The Bertz CT molecular complexity index is 694. The lowest BCUT2D eigenvalue weighted by Gasteiger charge is -2.08. The number of hydrogen-bond acceptors (Lipinski definition) is 4. The second-order valence-electron chi connectivity index (χ2n) is 4.78. The maximum atomic E-state index is 12.2. The molecule has 5 heteroatoms. The summed E-state index contributed by atoms with van der Waals surface area (Å²) in [5.41, 5.74) is 2.43. The topological polar surface area (TPSA) is 69.4 Å². The molecule has 2 aromatic carbocycles. The monoisotopic (exact) mass is 285 g/mol. The lowest BCUT2D eigenvalue weighted by atomic mass is 10.0. The highest BCUT2D eigenvalue weighted by molar-refractivity contribution is 5.98. The fourth-order valence-electron chi connectivity index (χ4n) is 1.95. The van der Waals surface area contributed by atoms with Crippen molar-refractivity contribution in [2.45, 2.75) is 13.8 Å². The lowest BCUT2D eigenvalue weighted by molar-refractivity contribution is -0.384. The molecular weight excluding hydrogens is 270 g/mol. The molecule has 0 saturated carbocycles. The molecule has 0 atom stereocenters. The summed E-state index contributed by atoms with van der Waals surface area (Å²) in [4.78, 5) is 22.3. The Morgan fingerprint density at radius 2 is 1.95 bits per heavy atom. The Morgan fingerprint density at radius 1 is 1.19 bits per heavy atom. The van der Waals surface area contributed by atoms with Gasteiger partial charge < -0.3 is 4.74 Å². The third kappa shape index (κ3) is 3.66. The molecule has 21 heavy (non-hydrogen) atoms. The zero-order valence-electron chi connectivity index (χ0n) is 11.8. The van der Waals surface area contributed by atoms with Gasteiger partial charge in [-0.15, -0.1) is 0 Å². The largest absolute Gasteiger partial charge is 0.485 e. The maximum Gasteiger partial charge on any atom is 0.273 e. The molecule has 2 aromatic rings. The lowest BCUT2D eigenvalue weighted by Crippen LogP contribution is -2.13. The van der Waals surface area contributed by atoms with Crippen LogP contribution in [0.15, 0.2) is 42.5 Å². The first-order valence-corrected chi connectivity index (χ1v) is 6.45. The summed E-state index contributed by atoms with van der Waals surface area (Å²) in [5, 5.41) is 10.7. The number of non-ortho nitro benzene ring substituents is 1. The van der Waals surface area contributed by atoms with E-state index in [0.717, 1.165) is 11.1 Å². The van der Waals surface area contributed by atoms with Crippen LogP contribution in [0, 0.1) is 24.0 Å². The number of benzene rings is 2. The van der Waals surface area contributed by atoms with E-state index in [2.05, 4.69) is 0 Å². The maximum absolute atomic E-state index is 12.2. The molecule has 0 saturated heterocycles. The molecule has 108 valence electrons. The van der Waals surface area contributed by atoms with E-state index in [4.69, 9.17) is 4.74 Å². The van der Waals surface area contributed by atoms with Crippen LogP contribution in [-0.2, 0) is 0 Å². The molecule has 0 heterocycles. The average molecular weight is 285 g/mol. The van der Waals surface area contributed by atoms with Gasteiger partial charge in [0.1, 0.15) is 5.75 Å². The van der Waals surface area contributed by atoms with Crippen molar-refractivity contribution in [1.82, 2.24) is 0 Å². The summed E-state index contributed by atoms with van der Waals surface area (Å²) in [6.07, 6.45) is 0. The predicted molar refractivity (Wildman–Crippen MR) is 78.8 cm³/mol. The standard InChI is InChI=1S/C16H15NO4/c1-11-6-7-12(2)15(8-11)16(18)10-21-14-5-3-4-13(9-14)17(19)20/h3-9H,10H2,1-2H3. The summed E-state index contributed by atoms with van der Waals surface area (Å²) in [7, 11) is 0. The van der Waals surface area contributed by atoms with Gasteiger partial charge in [-0.2, -0.15) is 0 Å². The highest BCUT2D eigenvalue weighted by Crippen LogP contribution is 2.19. The van der Waals surface area contributed by atoms with Crippen molar-refractivity contribution in [3.8, 4) is 5.75 Å². The number of nitrogens with zero attached hydrogens (tertiary/aromatic N) is 1. The molecule has 0 spiro atoms. The van der Waals surface area contributed by atoms with Crippen molar-refractivity contribution in [3.05, 3.63) is 69.3 Å². The number of rotatable bonds is 5. The first-order chi connectivity index (χ1) is 9.97. The smallest absolute Gasteiger partial charge is 0.273 e. The SMILES string of the molecule is Cc1ccc(C)c(C(=O)COc2cccc([N+](=O)[O-])c2)c1. The summed E-state index contributed by atoms with van der Waals surface area (Å²) >= 11 is 0. The third-order valence-corrected chi connectivity index (χ3v) is 3.09. The van der Waals surface area contributed by atoms with E-state index >= 15 is 0 Å². The molecule has 0 bridgehead atoms. The first-order valence-electron chi connectivity index (χ1n) is 6.45. The van der Waals surface area contributed by atoms with Gasteiger partial charge in [0.25, 0.3) is 5.69 Å². The van der Waals surface area contributed by atoms with E-state index in [1.165, 1.54) is 18.2 Å². The van der Waals surface area contributed by atoms with Crippen LogP contribution >= 0.6 is 0 Å². The Hall–Kier alpha value is -2.69. The summed E-state index contributed by atoms with van der Waals surface area (Å²) in [6, 6.07) is 11.4. The molecule has 5 nitrogen and oxygen atoms in total. The fourth-order valence-corrected chi connectivity index (χ4v) is 1.95. The molecular formula is C16H15NO4. The molecule has 0 amide bonds. The highest BCUT2D eigenvalue weighted by Gasteiger charge is 2.12. The van der Waals surface area contributed by atoms with E-state index < -0.39 is 4.92 Å². The Morgan fingerprint density at radius 3 is 2.67 bits per heavy atom. The summed E-state index contributed by atoms with van der Waals surface area (Å²) in [6.45, 7) is 3.63. The predicted octanol–water partition coefficient (Wildman–Crippen LogP) is 3.47. The molecule has 0 unspecified atom stereocenters. The van der Waals surface area contributed by atoms with Gasteiger partial charge in [0, 0.05) is 11.6 Å². The van der Waals surface area contributed by atoms with Crippen LogP contribution in [0.2, 0.25) is 0 Å². The van der Waals surface area contributed by atoms with Crippen molar-refractivity contribution in [2.75, 3.05) is 6.61 Å². The molecule has 0 N–H and O–H groups in total. The van der Waals surface area contributed by atoms with Gasteiger partial charge in [0.15, 0.2) is 12.4 Å². The Balaban J connectivity index is 2.09. The highest BCUT2D eigenvalue weighted by atomic mass is 16.6. The second kappa shape index (κ2) is 6.17. The van der Waals surface area contributed by atoms with Crippen LogP contribution in [-0.4, -0.2) is 17.3 Å². The molecule has 0 aromatic heterocycles. The molecule has 0 radical (unpaired) electrons. The number of hydrogen-bond donors (Lipinski definition) is 0. The fraction of sp³-hybridized carbons (Fsp3) is 0.188. The van der Waals surface area contributed by atoms with Crippen molar-refractivity contribution in [2.24, 2.45) is 0 Å². The van der Waals surface area contributed by atoms with Crippen LogP contribution < -0.4 is 4.74 Å². The minimum Gasteiger partial charge on any atom is -0.485 e. The summed E-state index contributed by atoms with van der Waals surface area (Å²) in [5.74, 6) is 0.158. The van der Waals surface area contributed by atoms with E-state index in [1.807, 2.05) is 32.0 Å². The number of Topliss-reactive ketones (excluding diaryl/α,β-unsaturated/α-hetero) is 1. The van der Waals surface area contributed by atoms with Gasteiger partial charge in [-0.05, 0) is 31.5 Å². The second-order valence-corrected chi connectivity index (χ2v) is 4.78. The van der Waals surface area contributed by atoms with Crippen molar-refractivity contribution < 1.29 is 14.5 Å². The molecule has 2 rings (SSSR count). The van der Waals surface area contributed by atoms with Crippen LogP contribution in [0.4, 0.5) is 5.69 Å². The van der Waals surface area contributed by atoms with Crippen molar-refractivity contribution >= 4 is 11.5 Å². The van der Waals surface area contributed by atoms with Crippen LogP contribution in [0.25, 0.3) is 0 Å². The van der Waals surface area contributed by atoms with E-state index in [0.29, 0.717) is 11.3 Å². The van der Waals surface area contributed by atoms with Gasteiger partial charge in [0.2, 0.25) is 0 Å². The number of aryl methyl sites for hydroxylation is 2. The normalized spacial score (nSPS) is 10.2. The zero-order valence-corrected chi connectivity index (χ0v) is 11.8. The Labute approximate surface area is 122 Å². The molecule has 0 aliphatic rings. The Kier molecular flexibility index (Phi) is 4.33. The van der Waals surface area contributed by atoms with Crippen LogP contribution in [0.1, 0.15) is 21.5 Å². The third-order valence-electron chi connectivity index (χ3n) is 3.09. The number of ketones is 1. The van der Waals surface area contributed by atoms with E-state index in [-0.39, 0.29) is 18.1 Å². The molecule has 0 fully saturated rings. The minimum absolute atomic E-state index is 0.0633. The number of ether oxygens (including phenoxy) is 1. The number of carbonyl (C=O) groups excluding carboxylic acids is 1. The molecule has 0 aliphatic carbocycles. The van der Waals surface area contributed by atoms with E-state index in [9.17, 15) is 14.9 Å². The van der Waals surface area contributed by atoms with Crippen LogP contribution in [0.5, 0.6) is 5.75 Å². The first kappa shape index (κ1) is 14.7. The zero-order chi connectivity index (χ0) is 15.4. The number of carbonyl (C=O) groups is 1. The summed E-state index contributed by atoms with van der Waals surface area (Å²) < 4.78 is 5.35. The van der Waals surface area contributed by atoms with Gasteiger partial charge in [-0.25, -0.2) is 0 Å². The van der Waals surface area contributed by atoms with Crippen molar-refractivity contribution in [1.29, 1.82) is 0 Å². The number of nitro groups is 1. The minimum atomic E-state index is -0.501.